The number of thiol groups is 1. The molecule has 0 heterocycles. The Balaban J connectivity index is 4.49. The summed E-state index contributed by atoms with van der Waals surface area (Å²) in [4.78, 5) is 0. The molecule has 0 saturated heterocycles. The summed E-state index contributed by atoms with van der Waals surface area (Å²) < 4.78 is 19.7. The highest BCUT2D eigenvalue weighted by atomic mass is 32.1. The second-order valence-electron chi connectivity index (χ2n) is 11.5. The molecule has 38 heavy (non-hydrogen) atoms. The predicted octanol–water partition coefficient (Wildman–Crippen LogP) is 11.7. The molecular formula is C33H70O3SSi. The monoisotopic (exact) mass is 574 g/mol. The Bertz CT molecular complexity index is 383. The van der Waals surface area contributed by atoms with Crippen LogP contribution in [0.2, 0.25) is 6.04 Å². The molecule has 0 radical (unpaired) electrons. The average Bonchev–Trinajstić information content (AvgIpc) is 2.93. The van der Waals surface area contributed by atoms with E-state index in [0.29, 0.717) is 0 Å². The van der Waals surface area contributed by atoms with Crippen molar-refractivity contribution in [3.63, 3.8) is 0 Å². The first kappa shape index (κ1) is 38.4. The predicted molar refractivity (Wildman–Crippen MR) is 175 cm³/mol. The van der Waals surface area contributed by atoms with E-state index < -0.39 is 8.80 Å². The van der Waals surface area contributed by atoms with Gasteiger partial charge in [-0.15, -0.1) is 0 Å². The van der Waals surface area contributed by atoms with Crippen LogP contribution in [0.3, 0.4) is 0 Å². The quantitative estimate of drug-likeness (QED) is 0.0480. The summed E-state index contributed by atoms with van der Waals surface area (Å²) in [6.45, 7) is 9.24. The van der Waals surface area contributed by atoms with Crippen LogP contribution in [0.5, 0.6) is 0 Å². The third-order valence-electron chi connectivity index (χ3n) is 7.60. The molecule has 0 aromatic carbocycles. The Hall–Kier alpha value is 0.447. The highest BCUT2D eigenvalue weighted by Crippen LogP contribution is 2.22. The van der Waals surface area contributed by atoms with Crippen LogP contribution in [0.4, 0.5) is 0 Å². The van der Waals surface area contributed by atoms with Gasteiger partial charge < -0.3 is 13.3 Å². The van der Waals surface area contributed by atoms with E-state index in [1.165, 1.54) is 135 Å². The van der Waals surface area contributed by atoms with Crippen molar-refractivity contribution < 1.29 is 13.3 Å². The summed E-state index contributed by atoms with van der Waals surface area (Å²) in [7, 11) is -2.62. The Morgan fingerprint density at radius 1 is 0.368 bits per heavy atom. The van der Waals surface area contributed by atoms with Gasteiger partial charge >= 0.3 is 8.80 Å². The standard InChI is InChI=1S/C33H70O3SSi/c1-4-7-10-13-16-19-22-25-29-34-38(33-28-32-37,35-30-26-23-20-17-14-11-8-5-2)36-31-27-24-21-18-15-12-9-6-3/h37H,4-33H2,1-3H3. The van der Waals surface area contributed by atoms with Crippen molar-refractivity contribution in [1.82, 2.24) is 0 Å². The number of rotatable bonds is 33. The van der Waals surface area contributed by atoms with E-state index in [9.17, 15) is 0 Å². The summed E-state index contributed by atoms with van der Waals surface area (Å²) in [5.41, 5.74) is 0. The number of hydrogen-bond acceptors (Lipinski definition) is 4. The van der Waals surface area contributed by atoms with E-state index in [1.54, 1.807) is 0 Å². The number of unbranched alkanes of at least 4 members (excludes halogenated alkanes) is 21. The molecule has 3 nitrogen and oxygen atoms in total. The van der Waals surface area contributed by atoms with Gasteiger partial charge in [-0.1, -0.05) is 156 Å². The Labute approximate surface area is 247 Å². The first-order valence-electron chi connectivity index (χ1n) is 17.3. The Morgan fingerprint density at radius 3 is 0.895 bits per heavy atom. The van der Waals surface area contributed by atoms with Gasteiger partial charge in [-0.2, -0.15) is 12.6 Å². The molecule has 0 aromatic heterocycles. The molecule has 0 unspecified atom stereocenters. The fourth-order valence-electron chi connectivity index (χ4n) is 5.03. The molecule has 0 saturated carbocycles. The van der Waals surface area contributed by atoms with Crippen molar-refractivity contribution in [2.75, 3.05) is 25.6 Å². The van der Waals surface area contributed by atoms with E-state index >= 15 is 0 Å². The van der Waals surface area contributed by atoms with Crippen molar-refractivity contribution in [1.29, 1.82) is 0 Å². The molecular weight excluding hydrogens is 505 g/mol. The first-order chi connectivity index (χ1) is 18.7. The summed E-state index contributed by atoms with van der Waals surface area (Å²) in [5.74, 6) is 0.873. The zero-order valence-corrected chi connectivity index (χ0v) is 28.3. The fraction of sp³-hybridized carbons (Fsp3) is 1.00. The van der Waals surface area contributed by atoms with Crippen LogP contribution < -0.4 is 0 Å². The highest BCUT2D eigenvalue weighted by Gasteiger charge is 2.40. The van der Waals surface area contributed by atoms with Crippen LogP contribution in [-0.2, 0) is 13.3 Å². The molecule has 0 bridgehead atoms. The molecule has 0 spiro atoms. The lowest BCUT2D eigenvalue weighted by atomic mass is 10.1. The summed E-state index contributed by atoms with van der Waals surface area (Å²) in [6.07, 6.45) is 32.8. The van der Waals surface area contributed by atoms with Gasteiger partial charge in [0.1, 0.15) is 0 Å². The summed E-state index contributed by atoms with van der Waals surface area (Å²) in [5, 5.41) is 0. The molecule has 0 aromatic rings. The average molecular weight is 575 g/mol. The minimum Gasteiger partial charge on any atom is -0.373 e. The fourth-order valence-corrected chi connectivity index (χ4v) is 8.14. The normalized spacial score (nSPS) is 12.0. The van der Waals surface area contributed by atoms with E-state index in [-0.39, 0.29) is 0 Å². The van der Waals surface area contributed by atoms with Crippen molar-refractivity contribution in [2.24, 2.45) is 0 Å². The zero-order chi connectivity index (χ0) is 27.8. The second kappa shape index (κ2) is 32.0. The first-order valence-corrected chi connectivity index (χ1v) is 19.8. The summed E-state index contributed by atoms with van der Waals surface area (Å²) >= 11 is 4.50. The van der Waals surface area contributed by atoms with Gasteiger partial charge in [0.25, 0.3) is 0 Å². The van der Waals surface area contributed by atoms with Crippen LogP contribution in [-0.4, -0.2) is 34.4 Å². The van der Waals surface area contributed by atoms with Crippen LogP contribution in [0.1, 0.15) is 181 Å². The lowest BCUT2D eigenvalue weighted by molar-refractivity contribution is 0.0551. The van der Waals surface area contributed by atoms with Gasteiger partial charge in [0.05, 0.1) is 0 Å². The lowest BCUT2D eigenvalue weighted by Crippen LogP contribution is -2.46. The molecule has 0 aliphatic carbocycles. The maximum atomic E-state index is 6.58. The van der Waals surface area contributed by atoms with Crippen molar-refractivity contribution in [2.45, 2.75) is 187 Å². The van der Waals surface area contributed by atoms with E-state index in [1.807, 2.05) is 0 Å². The van der Waals surface area contributed by atoms with Crippen LogP contribution in [0.25, 0.3) is 0 Å². The van der Waals surface area contributed by atoms with Crippen LogP contribution in [0, 0.1) is 0 Å². The molecule has 5 heteroatoms. The van der Waals surface area contributed by atoms with Gasteiger partial charge in [-0.25, -0.2) is 0 Å². The Kier molecular flexibility index (Phi) is 32.3. The molecule has 230 valence electrons. The van der Waals surface area contributed by atoms with Gasteiger partial charge in [-0.05, 0) is 31.4 Å². The minimum absolute atomic E-state index is 0.794. The maximum Gasteiger partial charge on any atom is 0.500 e. The summed E-state index contributed by atoms with van der Waals surface area (Å²) in [6, 6.07) is 0.918. The Morgan fingerprint density at radius 2 is 0.632 bits per heavy atom. The lowest BCUT2D eigenvalue weighted by Gasteiger charge is -2.30. The minimum atomic E-state index is -2.62. The van der Waals surface area contributed by atoms with E-state index in [4.69, 9.17) is 13.3 Å². The van der Waals surface area contributed by atoms with Crippen molar-refractivity contribution >= 4 is 21.4 Å². The highest BCUT2D eigenvalue weighted by molar-refractivity contribution is 7.80. The molecule has 0 aliphatic heterocycles. The smallest absolute Gasteiger partial charge is 0.373 e. The van der Waals surface area contributed by atoms with Crippen molar-refractivity contribution in [3.05, 3.63) is 0 Å². The second-order valence-corrected chi connectivity index (χ2v) is 14.7. The largest absolute Gasteiger partial charge is 0.500 e. The molecule has 0 N–H and O–H groups in total. The molecule has 0 atom stereocenters. The van der Waals surface area contributed by atoms with Gasteiger partial charge in [-0.3, -0.25) is 0 Å². The third-order valence-corrected chi connectivity index (χ3v) is 10.8. The van der Waals surface area contributed by atoms with E-state index in [2.05, 4.69) is 33.4 Å². The maximum absolute atomic E-state index is 6.58. The molecule has 0 amide bonds. The zero-order valence-electron chi connectivity index (χ0n) is 26.4. The van der Waals surface area contributed by atoms with Gasteiger partial charge in [0, 0.05) is 25.9 Å². The van der Waals surface area contributed by atoms with Crippen molar-refractivity contribution in [3.8, 4) is 0 Å². The molecule has 0 fully saturated rings. The van der Waals surface area contributed by atoms with Crippen LogP contribution in [0.15, 0.2) is 0 Å². The molecule has 0 aliphatic rings. The van der Waals surface area contributed by atoms with Crippen LogP contribution >= 0.6 is 12.6 Å². The SMILES string of the molecule is CCCCCCCCCCO[Si](CCCS)(OCCCCCCCCCC)OCCCCCCCCCC. The topological polar surface area (TPSA) is 27.7 Å². The van der Waals surface area contributed by atoms with E-state index in [0.717, 1.165) is 57.3 Å². The number of hydrogen-bond donors (Lipinski definition) is 1. The van der Waals surface area contributed by atoms with Gasteiger partial charge in [0.2, 0.25) is 0 Å². The van der Waals surface area contributed by atoms with Gasteiger partial charge in [0.15, 0.2) is 0 Å². The molecule has 0 rings (SSSR count). The third kappa shape index (κ3) is 26.7.